The van der Waals surface area contributed by atoms with Crippen molar-refractivity contribution in [2.45, 2.75) is 0 Å². The fourth-order valence-corrected chi connectivity index (χ4v) is 1.24. The van der Waals surface area contributed by atoms with Crippen LogP contribution >= 0.6 is 0 Å². The minimum absolute atomic E-state index is 0.822. The number of benzene rings is 2. The van der Waals surface area contributed by atoms with Gasteiger partial charge in [0.1, 0.15) is 0 Å². The molecule has 0 atom stereocenters. The maximum absolute atomic E-state index is 5.40. The highest BCUT2D eigenvalue weighted by Gasteiger charge is 2.11. The summed E-state index contributed by atoms with van der Waals surface area (Å²) in [7, 11) is 0. The zero-order chi connectivity index (χ0) is 9.97. The minimum Gasteiger partial charge on any atom is -0.399 e. The second-order valence-electron chi connectivity index (χ2n) is 3.25. The van der Waals surface area contributed by atoms with E-state index in [1.54, 1.807) is 0 Å². The van der Waals surface area contributed by atoms with E-state index in [9.17, 15) is 0 Å². The third kappa shape index (κ3) is 2.04. The van der Waals surface area contributed by atoms with Gasteiger partial charge in [-0.3, -0.25) is 0 Å². The summed E-state index contributed by atoms with van der Waals surface area (Å²) < 4.78 is 0. The van der Waals surface area contributed by atoms with Crippen LogP contribution in [0.2, 0.25) is 0 Å². The number of nitrogens with two attached hydrogens (primary N) is 2. The van der Waals surface area contributed by atoms with Crippen LogP contribution < -0.4 is 11.5 Å². The van der Waals surface area contributed by atoms with E-state index in [1.165, 1.54) is 11.1 Å². The van der Waals surface area contributed by atoms with E-state index in [0.29, 0.717) is 0 Å². The second-order valence-corrected chi connectivity index (χ2v) is 3.25. The topological polar surface area (TPSA) is 52.0 Å². The number of hydrogen-bond acceptors (Lipinski definition) is 2. The van der Waals surface area contributed by atoms with Crippen LogP contribution in [0, 0.1) is 0 Å². The molecule has 2 nitrogen and oxygen atoms in total. The molecule has 2 aliphatic rings. The molecule has 0 spiro atoms. The molecule has 0 saturated carbocycles. The number of nitrogen functional groups attached to an aromatic ring is 2. The maximum atomic E-state index is 5.40. The van der Waals surface area contributed by atoms with E-state index < -0.39 is 0 Å². The van der Waals surface area contributed by atoms with Gasteiger partial charge in [0.2, 0.25) is 0 Å². The molecular formula is C12H12N2. The van der Waals surface area contributed by atoms with Gasteiger partial charge in [0.25, 0.3) is 0 Å². The molecule has 0 radical (unpaired) electrons. The zero-order valence-corrected chi connectivity index (χ0v) is 7.77. The summed E-state index contributed by atoms with van der Waals surface area (Å²) in [6, 6.07) is 15.6. The SMILES string of the molecule is Nc1cc2cc-2c1.Nc1ccccc1. The summed E-state index contributed by atoms with van der Waals surface area (Å²) in [6.07, 6.45) is 0. The van der Waals surface area contributed by atoms with Crippen LogP contribution in [0.25, 0.3) is 11.1 Å². The number of hydrogen-bond donors (Lipinski definition) is 2. The van der Waals surface area contributed by atoms with E-state index in [0.717, 1.165) is 11.4 Å². The van der Waals surface area contributed by atoms with Gasteiger partial charge in [-0.1, -0.05) is 18.2 Å². The quantitative estimate of drug-likeness (QED) is 0.527. The number of anilines is 2. The summed E-state index contributed by atoms with van der Waals surface area (Å²) >= 11 is 0. The summed E-state index contributed by atoms with van der Waals surface area (Å²) in [5.41, 5.74) is 15.1. The molecule has 1 aromatic rings. The monoisotopic (exact) mass is 184 g/mol. The van der Waals surface area contributed by atoms with Gasteiger partial charge in [-0.2, -0.15) is 0 Å². The summed E-state index contributed by atoms with van der Waals surface area (Å²) in [5.74, 6) is 0. The molecule has 14 heavy (non-hydrogen) atoms. The van der Waals surface area contributed by atoms with E-state index in [4.69, 9.17) is 11.5 Å². The maximum Gasteiger partial charge on any atom is 0.0326 e. The molecule has 0 amide bonds. The molecule has 4 N–H and O–H groups in total. The largest absolute Gasteiger partial charge is 0.399 e. The Labute approximate surface area is 83.2 Å². The summed E-state index contributed by atoms with van der Waals surface area (Å²) in [6.45, 7) is 0. The van der Waals surface area contributed by atoms with Crippen molar-refractivity contribution >= 4 is 11.4 Å². The second kappa shape index (κ2) is 3.42. The lowest BCUT2D eigenvalue weighted by molar-refractivity contribution is 1.69. The highest BCUT2D eigenvalue weighted by atomic mass is 14.6. The summed E-state index contributed by atoms with van der Waals surface area (Å²) in [5, 5.41) is 0. The Hall–Kier alpha value is -1.96. The van der Waals surface area contributed by atoms with Crippen molar-refractivity contribution < 1.29 is 0 Å². The molecule has 0 aromatic heterocycles. The Morgan fingerprint density at radius 3 is 1.50 bits per heavy atom. The van der Waals surface area contributed by atoms with Crippen molar-refractivity contribution in [1.82, 2.24) is 0 Å². The van der Waals surface area contributed by atoms with Gasteiger partial charge in [0, 0.05) is 11.4 Å². The molecule has 2 heteroatoms. The first-order valence-corrected chi connectivity index (χ1v) is 4.47. The zero-order valence-electron chi connectivity index (χ0n) is 7.77. The Balaban J connectivity index is 0.000000107. The summed E-state index contributed by atoms with van der Waals surface area (Å²) in [4.78, 5) is 0. The Morgan fingerprint density at radius 2 is 1.21 bits per heavy atom. The predicted octanol–water partition coefficient (Wildman–Crippen LogP) is 2.52. The van der Waals surface area contributed by atoms with Crippen LogP contribution in [-0.4, -0.2) is 0 Å². The third-order valence-electron chi connectivity index (χ3n) is 2.00. The molecule has 1 aromatic carbocycles. The first-order valence-electron chi connectivity index (χ1n) is 4.47. The van der Waals surface area contributed by atoms with Crippen LogP contribution in [0.1, 0.15) is 0 Å². The first kappa shape index (κ1) is 8.63. The Bertz CT molecular complexity index is 415. The van der Waals surface area contributed by atoms with Crippen molar-refractivity contribution in [1.29, 1.82) is 0 Å². The lowest BCUT2D eigenvalue weighted by Crippen LogP contribution is -1.79. The normalized spacial score (nSPS) is 10.0. The number of rotatable bonds is 0. The molecular weight excluding hydrogens is 172 g/mol. The van der Waals surface area contributed by atoms with Crippen molar-refractivity contribution in [3.05, 3.63) is 48.5 Å². The van der Waals surface area contributed by atoms with Crippen LogP contribution in [0.5, 0.6) is 0 Å². The molecule has 0 heterocycles. The Morgan fingerprint density at radius 1 is 0.643 bits per heavy atom. The van der Waals surface area contributed by atoms with Crippen molar-refractivity contribution in [3.63, 3.8) is 0 Å². The van der Waals surface area contributed by atoms with E-state index in [1.807, 2.05) is 42.5 Å². The minimum atomic E-state index is 0.822. The molecule has 3 rings (SSSR count). The standard InChI is InChI=1S/C6H5N.C6H7N/c7-6-2-4-1-5(4)3-6;7-6-4-2-1-3-5-6/h1-3H,7H2;1-5H,7H2. The first-order chi connectivity index (χ1) is 6.75. The van der Waals surface area contributed by atoms with E-state index in [-0.39, 0.29) is 0 Å². The van der Waals surface area contributed by atoms with Crippen molar-refractivity contribution in [2.75, 3.05) is 11.5 Å². The molecule has 0 saturated heterocycles. The molecule has 70 valence electrons. The average molecular weight is 184 g/mol. The smallest absolute Gasteiger partial charge is 0.0326 e. The lowest BCUT2D eigenvalue weighted by Gasteiger charge is -1.83. The van der Waals surface area contributed by atoms with Gasteiger partial charge in [-0.15, -0.1) is 0 Å². The van der Waals surface area contributed by atoms with Crippen LogP contribution in [0.15, 0.2) is 48.5 Å². The molecule has 0 aliphatic heterocycles. The molecule has 2 aliphatic carbocycles. The fourth-order valence-electron chi connectivity index (χ4n) is 1.24. The van der Waals surface area contributed by atoms with Crippen LogP contribution in [0.3, 0.4) is 0 Å². The van der Waals surface area contributed by atoms with Crippen molar-refractivity contribution in [3.8, 4) is 11.1 Å². The fraction of sp³-hybridized carbons (Fsp3) is 0. The number of para-hydroxylation sites is 1. The van der Waals surface area contributed by atoms with Crippen LogP contribution in [-0.2, 0) is 0 Å². The van der Waals surface area contributed by atoms with Crippen LogP contribution in [0.4, 0.5) is 11.4 Å². The molecule has 0 bridgehead atoms. The molecule has 0 unspecified atom stereocenters. The predicted molar refractivity (Wildman–Crippen MR) is 60.7 cm³/mol. The highest BCUT2D eigenvalue weighted by Crippen LogP contribution is 2.36. The van der Waals surface area contributed by atoms with Gasteiger partial charge < -0.3 is 11.5 Å². The lowest BCUT2D eigenvalue weighted by atomic mass is 10.3. The van der Waals surface area contributed by atoms with Gasteiger partial charge in [-0.05, 0) is 41.5 Å². The average Bonchev–Trinajstić information content (AvgIpc) is 2.77. The highest BCUT2D eigenvalue weighted by molar-refractivity contribution is 5.86. The van der Waals surface area contributed by atoms with Crippen molar-refractivity contribution in [2.24, 2.45) is 0 Å². The van der Waals surface area contributed by atoms with Gasteiger partial charge >= 0.3 is 0 Å². The van der Waals surface area contributed by atoms with Gasteiger partial charge in [-0.25, -0.2) is 0 Å². The van der Waals surface area contributed by atoms with E-state index in [2.05, 4.69) is 6.07 Å². The molecule has 0 fully saturated rings. The third-order valence-corrected chi connectivity index (χ3v) is 2.00. The number of fused-ring (bicyclic) bond motifs is 1. The Kier molecular flexibility index (Phi) is 2.11. The van der Waals surface area contributed by atoms with Gasteiger partial charge in [0.05, 0.1) is 0 Å². The van der Waals surface area contributed by atoms with Gasteiger partial charge in [0.15, 0.2) is 0 Å². The van der Waals surface area contributed by atoms with E-state index >= 15 is 0 Å².